The van der Waals surface area contributed by atoms with E-state index in [2.05, 4.69) is 39.9 Å². The van der Waals surface area contributed by atoms with Gasteiger partial charge in [0.1, 0.15) is 5.82 Å². The normalized spacial score (nSPS) is 15.3. The maximum atomic E-state index is 12.9. The molecule has 1 nitrogen and oxygen atoms in total. The van der Waals surface area contributed by atoms with E-state index in [0.29, 0.717) is 17.4 Å². The average Bonchev–Trinajstić information content (AvgIpc) is 2.31. The molecule has 0 aliphatic heterocycles. The van der Waals surface area contributed by atoms with Gasteiger partial charge in [0.05, 0.1) is 0 Å². The zero-order chi connectivity index (χ0) is 14.5. The number of halogens is 1. The number of rotatable bonds is 6. The van der Waals surface area contributed by atoms with Crippen LogP contribution in [0.4, 0.5) is 4.39 Å². The van der Waals surface area contributed by atoms with Crippen LogP contribution in [0.2, 0.25) is 0 Å². The van der Waals surface area contributed by atoms with Gasteiger partial charge in [-0.3, -0.25) is 0 Å². The summed E-state index contributed by atoms with van der Waals surface area (Å²) in [7, 11) is 0. The molecule has 0 radical (unpaired) electrons. The minimum atomic E-state index is -0.160. The van der Waals surface area contributed by atoms with Crippen LogP contribution in [-0.2, 0) is 6.42 Å². The molecule has 0 bridgehead atoms. The lowest BCUT2D eigenvalue weighted by molar-refractivity contribution is 0.222. The topological polar surface area (TPSA) is 12.0 Å². The fourth-order valence-electron chi connectivity index (χ4n) is 2.21. The number of nitrogens with one attached hydrogen (secondary N) is 1. The van der Waals surface area contributed by atoms with Gasteiger partial charge in [0.15, 0.2) is 0 Å². The Morgan fingerprint density at radius 2 is 1.74 bits per heavy atom. The molecule has 0 aliphatic carbocycles. The molecule has 2 unspecified atom stereocenters. The molecule has 0 aromatic heterocycles. The van der Waals surface area contributed by atoms with Crippen LogP contribution >= 0.6 is 0 Å². The standard InChI is InChI=1S/C17H28FN/c1-6-19-16(11-13(2)17(3,4)5)12-14-7-9-15(18)10-8-14/h7-10,13,16,19H,6,11-12H2,1-5H3. The van der Waals surface area contributed by atoms with E-state index >= 15 is 0 Å². The molecule has 1 N–H and O–H groups in total. The Balaban J connectivity index is 2.64. The minimum absolute atomic E-state index is 0.160. The molecule has 0 heterocycles. The Kier molecular flexibility index (Phi) is 5.99. The highest BCUT2D eigenvalue weighted by Crippen LogP contribution is 2.29. The predicted molar refractivity (Wildman–Crippen MR) is 80.8 cm³/mol. The maximum Gasteiger partial charge on any atom is 0.123 e. The Bertz CT molecular complexity index is 364. The molecule has 0 saturated carbocycles. The van der Waals surface area contributed by atoms with Gasteiger partial charge in [0.25, 0.3) is 0 Å². The molecule has 19 heavy (non-hydrogen) atoms. The first-order valence-corrected chi connectivity index (χ1v) is 7.30. The monoisotopic (exact) mass is 265 g/mol. The number of benzene rings is 1. The number of hydrogen-bond acceptors (Lipinski definition) is 1. The smallest absolute Gasteiger partial charge is 0.123 e. The van der Waals surface area contributed by atoms with Crippen molar-refractivity contribution in [3.8, 4) is 0 Å². The van der Waals surface area contributed by atoms with Crippen LogP contribution in [0.1, 0.15) is 46.6 Å². The summed E-state index contributed by atoms with van der Waals surface area (Å²) >= 11 is 0. The van der Waals surface area contributed by atoms with Crippen LogP contribution in [0.5, 0.6) is 0 Å². The molecule has 0 amide bonds. The van der Waals surface area contributed by atoms with Crippen LogP contribution in [0.15, 0.2) is 24.3 Å². The van der Waals surface area contributed by atoms with Gasteiger partial charge in [-0.15, -0.1) is 0 Å². The third-order valence-electron chi connectivity index (χ3n) is 4.00. The fourth-order valence-corrected chi connectivity index (χ4v) is 2.21. The van der Waals surface area contributed by atoms with Crippen molar-refractivity contribution in [1.29, 1.82) is 0 Å². The first-order valence-electron chi connectivity index (χ1n) is 7.30. The molecule has 2 heteroatoms. The third-order valence-corrected chi connectivity index (χ3v) is 4.00. The van der Waals surface area contributed by atoms with Gasteiger partial charge in [-0.2, -0.15) is 0 Å². The second kappa shape index (κ2) is 7.04. The SMILES string of the molecule is CCNC(Cc1ccc(F)cc1)CC(C)C(C)(C)C. The van der Waals surface area contributed by atoms with E-state index in [1.807, 2.05) is 12.1 Å². The molecule has 0 saturated heterocycles. The van der Waals surface area contributed by atoms with Crippen LogP contribution in [0.3, 0.4) is 0 Å². The molecule has 0 spiro atoms. The molecule has 108 valence electrons. The fraction of sp³-hybridized carbons (Fsp3) is 0.647. The van der Waals surface area contributed by atoms with Gasteiger partial charge in [0, 0.05) is 6.04 Å². The van der Waals surface area contributed by atoms with Crippen molar-refractivity contribution in [2.45, 2.75) is 53.5 Å². The van der Waals surface area contributed by atoms with Gasteiger partial charge >= 0.3 is 0 Å². The Labute approximate surface area is 117 Å². The molecule has 1 aromatic carbocycles. The molecular weight excluding hydrogens is 237 g/mol. The van der Waals surface area contributed by atoms with Gasteiger partial charge < -0.3 is 5.32 Å². The highest BCUT2D eigenvalue weighted by molar-refractivity contribution is 5.17. The summed E-state index contributed by atoms with van der Waals surface area (Å²) < 4.78 is 12.9. The van der Waals surface area contributed by atoms with Crippen molar-refractivity contribution in [2.24, 2.45) is 11.3 Å². The van der Waals surface area contributed by atoms with E-state index in [4.69, 9.17) is 0 Å². The van der Waals surface area contributed by atoms with Crippen molar-refractivity contribution in [1.82, 2.24) is 5.32 Å². The summed E-state index contributed by atoms with van der Waals surface area (Å²) in [5, 5.41) is 3.55. The van der Waals surface area contributed by atoms with E-state index in [1.165, 1.54) is 5.56 Å². The number of likely N-dealkylation sites (N-methyl/N-ethyl adjacent to an activating group) is 1. The third kappa shape index (κ3) is 5.73. The zero-order valence-electron chi connectivity index (χ0n) is 13.0. The lowest BCUT2D eigenvalue weighted by atomic mass is 9.78. The summed E-state index contributed by atoms with van der Waals surface area (Å²) in [4.78, 5) is 0. The second-order valence-corrected chi connectivity index (χ2v) is 6.59. The van der Waals surface area contributed by atoms with Crippen molar-refractivity contribution >= 4 is 0 Å². The van der Waals surface area contributed by atoms with Gasteiger partial charge in [-0.25, -0.2) is 4.39 Å². The van der Waals surface area contributed by atoms with E-state index in [9.17, 15) is 4.39 Å². The summed E-state index contributed by atoms with van der Waals surface area (Å²) in [6.07, 6.45) is 2.11. The van der Waals surface area contributed by atoms with Crippen molar-refractivity contribution in [3.63, 3.8) is 0 Å². The van der Waals surface area contributed by atoms with Gasteiger partial charge in [0.2, 0.25) is 0 Å². The summed E-state index contributed by atoms with van der Waals surface area (Å²) in [6.45, 7) is 12.3. The molecule has 0 fully saturated rings. The minimum Gasteiger partial charge on any atom is -0.314 e. The summed E-state index contributed by atoms with van der Waals surface area (Å²) in [6, 6.07) is 7.34. The van der Waals surface area contributed by atoms with Crippen molar-refractivity contribution < 1.29 is 4.39 Å². The van der Waals surface area contributed by atoms with E-state index in [-0.39, 0.29) is 5.82 Å². The molecule has 0 aliphatic rings. The first kappa shape index (κ1) is 16.2. The Morgan fingerprint density at radius 3 is 2.21 bits per heavy atom. The lowest BCUT2D eigenvalue weighted by Gasteiger charge is -2.31. The van der Waals surface area contributed by atoms with Crippen molar-refractivity contribution in [2.75, 3.05) is 6.54 Å². The number of hydrogen-bond donors (Lipinski definition) is 1. The van der Waals surface area contributed by atoms with E-state index < -0.39 is 0 Å². The van der Waals surface area contributed by atoms with Gasteiger partial charge in [-0.1, -0.05) is 46.8 Å². The highest BCUT2D eigenvalue weighted by atomic mass is 19.1. The molecule has 2 atom stereocenters. The highest BCUT2D eigenvalue weighted by Gasteiger charge is 2.23. The molecular formula is C17H28FN. The quantitative estimate of drug-likeness (QED) is 0.803. The predicted octanol–water partition coefficient (Wildman–Crippen LogP) is 4.42. The summed E-state index contributed by atoms with van der Waals surface area (Å²) in [5.41, 5.74) is 1.53. The Hall–Kier alpha value is -0.890. The van der Waals surface area contributed by atoms with Crippen LogP contribution in [-0.4, -0.2) is 12.6 Å². The van der Waals surface area contributed by atoms with Crippen LogP contribution < -0.4 is 5.32 Å². The van der Waals surface area contributed by atoms with E-state index in [1.54, 1.807) is 12.1 Å². The molecule has 1 aromatic rings. The van der Waals surface area contributed by atoms with Crippen LogP contribution in [0, 0.1) is 17.2 Å². The van der Waals surface area contributed by atoms with Crippen LogP contribution in [0.25, 0.3) is 0 Å². The largest absolute Gasteiger partial charge is 0.314 e. The van der Waals surface area contributed by atoms with E-state index in [0.717, 1.165) is 19.4 Å². The zero-order valence-corrected chi connectivity index (χ0v) is 13.0. The van der Waals surface area contributed by atoms with Gasteiger partial charge in [-0.05, 0) is 48.4 Å². The van der Waals surface area contributed by atoms with Crippen molar-refractivity contribution in [3.05, 3.63) is 35.6 Å². The summed E-state index contributed by atoms with van der Waals surface area (Å²) in [5.74, 6) is 0.490. The first-order chi connectivity index (χ1) is 8.82. The molecule has 1 rings (SSSR count). The maximum absolute atomic E-state index is 12.9. The average molecular weight is 265 g/mol. The lowest BCUT2D eigenvalue weighted by Crippen LogP contribution is -2.35. The second-order valence-electron chi connectivity index (χ2n) is 6.59. The Morgan fingerprint density at radius 1 is 1.16 bits per heavy atom.